The summed E-state index contributed by atoms with van der Waals surface area (Å²) in [6.07, 6.45) is 1.52. The maximum Gasteiger partial charge on any atom is 0.410 e. The molecule has 0 aliphatic carbocycles. The number of nitrogens with one attached hydrogen (secondary N) is 1. The molecule has 0 radical (unpaired) electrons. The van der Waals surface area contributed by atoms with Gasteiger partial charge in [-0.3, -0.25) is 0 Å². The Balaban J connectivity index is 1.85. The van der Waals surface area contributed by atoms with Gasteiger partial charge in [0.25, 0.3) is 0 Å². The third-order valence-electron chi connectivity index (χ3n) is 3.41. The van der Waals surface area contributed by atoms with Crippen LogP contribution in [0.1, 0.15) is 38.2 Å². The summed E-state index contributed by atoms with van der Waals surface area (Å²) in [6, 6.07) is 2.29. The van der Waals surface area contributed by atoms with Crippen LogP contribution in [0.4, 0.5) is 10.6 Å². The predicted octanol–water partition coefficient (Wildman–Crippen LogP) is 2.51. The largest absolute Gasteiger partial charge is 0.447 e. The van der Waals surface area contributed by atoms with Crippen molar-refractivity contribution >= 4 is 11.9 Å². The van der Waals surface area contributed by atoms with Crippen molar-refractivity contribution in [1.29, 1.82) is 0 Å². The van der Waals surface area contributed by atoms with E-state index in [2.05, 4.69) is 15.3 Å². The maximum atomic E-state index is 11.8. The fourth-order valence-corrected chi connectivity index (χ4v) is 2.48. The fraction of sp³-hybridized carbons (Fsp3) is 0.667. The van der Waals surface area contributed by atoms with Crippen LogP contribution < -0.4 is 5.32 Å². The Labute approximate surface area is 125 Å². The molecule has 1 aliphatic heterocycles. The number of rotatable bonds is 3. The van der Waals surface area contributed by atoms with Crippen LogP contribution in [0.3, 0.4) is 0 Å². The first-order valence-electron chi connectivity index (χ1n) is 7.48. The Hall–Kier alpha value is -1.85. The Morgan fingerprint density at radius 1 is 1.33 bits per heavy atom. The van der Waals surface area contributed by atoms with Gasteiger partial charge in [-0.05, 0) is 40.5 Å². The molecule has 6 nitrogen and oxygen atoms in total. The molecule has 0 atom stereocenters. The van der Waals surface area contributed by atoms with E-state index in [1.807, 2.05) is 33.8 Å². The Morgan fingerprint density at radius 3 is 2.57 bits per heavy atom. The van der Waals surface area contributed by atoms with Crippen LogP contribution in [0.5, 0.6) is 0 Å². The summed E-state index contributed by atoms with van der Waals surface area (Å²) in [5, 5.41) is 3.43. The SMILES string of the molecule is Cc1cc(NC2CCN(C(=O)OC(C)C)CC2)nc(C)n1. The molecule has 0 spiro atoms. The van der Waals surface area contributed by atoms with Crippen LogP contribution in [0.25, 0.3) is 0 Å². The van der Waals surface area contributed by atoms with Gasteiger partial charge in [0.1, 0.15) is 11.6 Å². The van der Waals surface area contributed by atoms with E-state index in [1.165, 1.54) is 0 Å². The number of hydrogen-bond acceptors (Lipinski definition) is 5. The highest BCUT2D eigenvalue weighted by atomic mass is 16.6. The van der Waals surface area contributed by atoms with Crippen molar-refractivity contribution in [3.8, 4) is 0 Å². The zero-order valence-electron chi connectivity index (χ0n) is 13.2. The number of anilines is 1. The molecule has 1 fully saturated rings. The second kappa shape index (κ2) is 6.74. The van der Waals surface area contributed by atoms with Crippen molar-refractivity contribution in [3.63, 3.8) is 0 Å². The lowest BCUT2D eigenvalue weighted by molar-refractivity contribution is 0.0701. The number of hydrogen-bond donors (Lipinski definition) is 1. The van der Waals surface area contributed by atoms with Gasteiger partial charge in [0.05, 0.1) is 6.10 Å². The third kappa shape index (κ3) is 4.58. The number of carbonyl (C=O) groups excluding carboxylic acids is 1. The molecule has 6 heteroatoms. The van der Waals surface area contributed by atoms with Crippen LogP contribution in [0.15, 0.2) is 6.07 Å². The summed E-state index contributed by atoms with van der Waals surface area (Å²) in [5.74, 6) is 1.64. The number of aromatic nitrogens is 2. The van der Waals surface area contributed by atoms with E-state index in [1.54, 1.807) is 4.90 Å². The van der Waals surface area contributed by atoms with Gasteiger partial charge in [-0.25, -0.2) is 14.8 Å². The number of nitrogens with zero attached hydrogens (tertiary/aromatic N) is 3. The second-order valence-corrected chi connectivity index (χ2v) is 5.78. The zero-order chi connectivity index (χ0) is 15.4. The van der Waals surface area contributed by atoms with Gasteiger partial charge in [-0.2, -0.15) is 0 Å². The molecule has 0 aromatic carbocycles. The molecule has 1 aromatic heterocycles. The highest BCUT2D eigenvalue weighted by Gasteiger charge is 2.24. The molecule has 1 N–H and O–H groups in total. The molecular weight excluding hydrogens is 268 g/mol. The molecule has 21 heavy (non-hydrogen) atoms. The van der Waals surface area contributed by atoms with Crippen molar-refractivity contribution in [2.45, 2.75) is 52.7 Å². The first-order valence-corrected chi connectivity index (χ1v) is 7.48. The molecule has 1 saturated heterocycles. The topological polar surface area (TPSA) is 67.4 Å². The smallest absolute Gasteiger partial charge is 0.410 e. The number of amides is 1. The minimum Gasteiger partial charge on any atom is -0.447 e. The first kappa shape index (κ1) is 15.5. The number of piperidine rings is 1. The second-order valence-electron chi connectivity index (χ2n) is 5.78. The van der Waals surface area contributed by atoms with E-state index >= 15 is 0 Å². The quantitative estimate of drug-likeness (QED) is 0.927. The van der Waals surface area contributed by atoms with Crippen LogP contribution in [-0.4, -0.2) is 46.2 Å². The van der Waals surface area contributed by atoms with Gasteiger partial charge in [0, 0.05) is 30.9 Å². The number of ether oxygens (including phenoxy) is 1. The van der Waals surface area contributed by atoms with Crippen molar-refractivity contribution in [2.24, 2.45) is 0 Å². The summed E-state index contributed by atoms with van der Waals surface area (Å²) in [4.78, 5) is 22.3. The first-order chi connectivity index (χ1) is 9.94. The third-order valence-corrected chi connectivity index (χ3v) is 3.41. The number of aryl methyl sites for hydroxylation is 2. The molecule has 0 saturated carbocycles. The average Bonchev–Trinajstić information content (AvgIpc) is 2.37. The lowest BCUT2D eigenvalue weighted by Gasteiger charge is -2.32. The average molecular weight is 292 g/mol. The summed E-state index contributed by atoms with van der Waals surface area (Å²) in [5.41, 5.74) is 0.961. The van der Waals surface area contributed by atoms with Crippen molar-refractivity contribution < 1.29 is 9.53 Å². The minimum absolute atomic E-state index is 0.0692. The van der Waals surface area contributed by atoms with Gasteiger partial charge in [0.15, 0.2) is 0 Å². The van der Waals surface area contributed by atoms with E-state index in [9.17, 15) is 4.79 Å². The summed E-state index contributed by atoms with van der Waals surface area (Å²) >= 11 is 0. The van der Waals surface area contributed by atoms with Crippen molar-refractivity contribution in [3.05, 3.63) is 17.6 Å². The lowest BCUT2D eigenvalue weighted by Crippen LogP contribution is -2.43. The highest BCUT2D eigenvalue weighted by molar-refractivity contribution is 5.67. The van der Waals surface area contributed by atoms with Crippen molar-refractivity contribution in [2.75, 3.05) is 18.4 Å². The minimum atomic E-state index is -0.211. The monoisotopic (exact) mass is 292 g/mol. The number of likely N-dealkylation sites (tertiary alicyclic amines) is 1. The molecule has 1 aliphatic rings. The lowest BCUT2D eigenvalue weighted by atomic mass is 10.1. The Bertz CT molecular complexity index is 476. The summed E-state index contributed by atoms with van der Waals surface area (Å²) in [6.45, 7) is 9.02. The summed E-state index contributed by atoms with van der Waals surface area (Å²) < 4.78 is 5.22. The Morgan fingerprint density at radius 2 is 2.00 bits per heavy atom. The zero-order valence-corrected chi connectivity index (χ0v) is 13.2. The van der Waals surface area contributed by atoms with E-state index < -0.39 is 0 Å². The molecular formula is C15H24N4O2. The number of carbonyl (C=O) groups is 1. The van der Waals surface area contributed by atoms with Gasteiger partial charge in [0.2, 0.25) is 0 Å². The van der Waals surface area contributed by atoms with E-state index in [4.69, 9.17) is 4.74 Å². The van der Waals surface area contributed by atoms with Crippen LogP contribution in [0.2, 0.25) is 0 Å². The molecule has 1 aromatic rings. The standard InChI is InChI=1S/C15H24N4O2/c1-10(2)21-15(20)19-7-5-13(6-8-19)18-14-9-11(3)16-12(4)17-14/h9-10,13H,5-8H2,1-4H3,(H,16,17,18). The summed E-state index contributed by atoms with van der Waals surface area (Å²) in [7, 11) is 0. The van der Waals surface area contributed by atoms with Crippen LogP contribution >= 0.6 is 0 Å². The van der Waals surface area contributed by atoms with Crippen LogP contribution in [0, 0.1) is 13.8 Å². The van der Waals surface area contributed by atoms with Gasteiger partial charge < -0.3 is 15.0 Å². The van der Waals surface area contributed by atoms with E-state index in [0.717, 1.165) is 30.2 Å². The highest BCUT2D eigenvalue weighted by Crippen LogP contribution is 2.17. The normalized spacial score (nSPS) is 16.1. The molecule has 2 rings (SSSR count). The molecule has 2 heterocycles. The molecule has 0 bridgehead atoms. The van der Waals surface area contributed by atoms with E-state index in [-0.39, 0.29) is 12.2 Å². The Kier molecular flexibility index (Phi) is 4.98. The molecule has 1 amide bonds. The van der Waals surface area contributed by atoms with Crippen molar-refractivity contribution in [1.82, 2.24) is 14.9 Å². The van der Waals surface area contributed by atoms with Gasteiger partial charge in [-0.15, -0.1) is 0 Å². The maximum absolute atomic E-state index is 11.8. The molecule has 116 valence electrons. The fourth-order valence-electron chi connectivity index (χ4n) is 2.48. The van der Waals surface area contributed by atoms with Gasteiger partial charge >= 0.3 is 6.09 Å². The van der Waals surface area contributed by atoms with E-state index in [0.29, 0.717) is 19.1 Å². The molecule has 0 unspecified atom stereocenters. The van der Waals surface area contributed by atoms with Gasteiger partial charge in [-0.1, -0.05) is 0 Å². The van der Waals surface area contributed by atoms with Crippen LogP contribution in [-0.2, 0) is 4.74 Å². The predicted molar refractivity (Wildman–Crippen MR) is 81.3 cm³/mol.